The van der Waals surface area contributed by atoms with E-state index in [-0.39, 0.29) is 0 Å². The molecule has 0 radical (unpaired) electrons. The summed E-state index contributed by atoms with van der Waals surface area (Å²) in [6.07, 6.45) is 1.61. The minimum Gasteiger partial charge on any atom is -0.381 e. The zero-order valence-electron chi connectivity index (χ0n) is 12.3. The van der Waals surface area contributed by atoms with Crippen molar-refractivity contribution in [3.63, 3.8) is 0 Å². The maximum Gasteiger partial charge on any atom is 0.143 e. The van der Waals surface area contributed by atoms with E-state index in [0.717, 1.165) is 23.5 Å². The van der Waals surface area contributed by atoms with Crippen molar-refractivity contribution in [1.82, 2.24) is 20.2 Å². The molecule has 2 heterocycles. The second-order valence-electron chi connectivity index (χ2n) is 5.05. The monoisotopic (exact) mass is 299 g/mol. The summed E-state index contributed by atoms with van der Waals surface area (Å²) in [4.78, 5) is 2.72. The molecule has 0 fully saturated rings. The van der Waals surface area contributed by atoms with Gasteiger partial charge in [0.05, 0.1) is 5.69 Å². The van der Waals surface area contributed by atoms with E-state index in [1.165, 1.54) is 15.3 Å². The van der Waals surface area contributed by atoms with Crippen LogP contribution in [0.25, 0.3) is 5.69 Å². The SMILES string of the molecule is Cc1cc(CNc2ccc(C)c(-n3cnnn3)c2)c(C)s1. The van der Waals surface area contributed by atoms with Crippen LogP contribution in [0.15, 0.2) is 30.6 Å². The summed E-state index contributed by atoms with van der Waals surface area (Å²) in [6.45, 7) is 7.18. The minimum atomic E-state index is 0.828. The molecule has 1 aromatic carbocycles. The van der Waals surface area contributed by atoms with Crippen LogP contribution in [0, 0.1) is 20.8 Å². The largest absolute Gasteiger partial charge is 0.381 e. The van der Waals surface area contributed by atoms with Gasteiger partial charge in [-0.2, -0.15) is 0 Å². The van der Waals surface area contributed by atoms with Crippen LogP contribution in [-0.2, 0) is 6.54 Å². The van der Waals surface area contributed by atoms with Crippen LogP contribution in [-0.4, -0.2) is 20.2 Å². The fraction of sp³-hybridized carbons (Fsp3) is 0.267. The molecule has 0 aliphatic heterocycles. The third-order valence-electron chi connectivity index (χ3n) is 3.43. The summed E-state index contributed by atoms with van der Waals surface area (Å²) in [5, 5.41) is 14.8. The average molecular weight is 299 g/mol. The van der Waals surface area contributed by atoms with E-state index in [1.54, 1.807) is 11.0 Å². The topological polar surface area (TPSA) is 55.6 Å². The number of tetrazole rings is 1. The molecule has 0 aliphatic rings. The number of nitrogens with one attached hydrogen (secondary N) is 1. The number of benzene rings is 1. The molecule has 0 atom stereocenters. The molecule has 0 saturated heterocycles. The Kier molecular flexibility index (Phi) is 3.70. The standard InChI is InChI=1S/C15H17N5S/c1-10-4-5-14(7-15(10)20-9-17-18-19-20)16-8-13-6-11(2)21-12(13)3/h4-7,9,16H,8H2,1-3H3. The second kappa shape index (κ2) is 5.65. The van der Waals surface area contributed by atoms with Crippen LogP contribution >= 0.6 is 11.3 Å². The van der Waals surface area contributed by atoms with Crippen molar-refractivity contribution in [2.45, 2.75) is 27.3 Å². The number of nitrogens with zero attached hydrogens (tertiary/aromatic N) is 4. The van der Waals surface area contributed by atoms with E-state index in [4.69, 9.17) is 0 Å². The zero-order valence-corrected chi connectivity index (χ0v) is 13.1. The Balaban J connectivity index is 1.80. The summed E-state index contributed by atoms with van der Waals surface area (Å²) in [6, 6.07) is 8.46. The summed E-state index contributed by atoms with van der Waals surface area (Å²) < 4.78 is 1.68. The molecule has 0 amide bonds. The molecule has 0 unspecified atom stereocenters. The lowest BCUT2D eigenvalue weighted by Crippen LogP contribution is -2.03. The van der Waals surface area contributed by atoms with Crippen molar-refractivity contribution in [2.24, 2.45) is 0 Å². The quantitative estimate of drug-likeness (QED) is 0.803. The third kappa shape index (κ3) is 2.95. The first-order valence-corrected chi connectivity index (χ1v) is 7.59. The molecule has 0 aliphatic carbocycles. The first-order valence-electron chi connectivity index (χ1n) is 6.77. The Morgan fingerprint density at radius 3 is 2.71 bits per heavy atom. The predicted molar refractivity (Wildman–Crippen MR) is 85.0 cm³/mol. The van der Waals surface area contributed by atoms with Crippen molar-refractivity contribution in [1.29, 1.82) is 0 Å². The van der Waals surface area contributed by atoms with Crippen LogP contribution in [0.1, 0.15) is 20.9 Å². The molecule has 2 aromatic heterocycles. The van der Waals surface area contributed by atoms with Crippen molar-refractivity contribution < 1.29 is 0 Å². The van der Waals surface area contributed by atoms with Crippen LogP contribution < -0.4 is 5.32 Å². The van der Waals surface area contributed by atoms with Gasteiger partial charge in [-0.15, -0.1) is 16.4 Å². The summed E-state index contributed by atoms with van der Waals surface area (Å²) in [5.74, 6) is 0. The summed E-state index contributed by atoms with van der Waals surface area (Å²) in [7, 11) is 0. The van der Waals surface area contributed by atoms with E-state index in [0.29, 0.717) is 0 Å². The Hall–Kier alpha value is -2.21. The van der Waals surface area contributed by atoms with Gasteiger partial charge in [0.2, 0.25) is 0 Å². The molecule has 21 heavy (non-hydrogen) atoms. The Morgan fingerprint density at radius 2 is 2.05 bits per heavy atom. The Morgan fingerprint density at radius 1 is 1.19 bits per heavy atom. The van der Waals surface area contributed by atoms with Crippen molar-refractivity contribution in [3.8, 4) is 5.69 Å². The molecule has 0 saturated carbocycles. The van der Waals surface area contributed by atoms with Gasteiger partial charge in [0.15, 0.2) is 0 Å². The number of aromatic nitrogens is 4. The first-order chi connectivity index (χ1) is 10.1. The van der Waals surface area contributed by atoms with E-state index >= 15 is 0 Å². The predicted octanol–water partition coefficient (Wildman–Crippen LogP) is 3.26. The molecule has 108 valence electrons. The highest BCUT2D eigenvalue weighted by atomic mass is 32.1. The van der Waals surface area contributed by atoms with E-state index < -0.39 is 0 Å². The average Bonchev–Trinajstić information content (AvgIpc) is 3.08. The van der Waals surface area contributed by atoms with Gasteiger partial charge in [0, 0.05) is 22.0 Å². The molecular formula is C15H17N5S. The highest BCUT2D eigenvalue weighted by molar-refractivity contribution is 7.12. The van der Waals surface area contributed by atoms with Gasteiger partial charge >= 0.3 is 0 Å². The molecule has 3 aromatic rings. The number of hydrogen-bond donors (Lipinski definition) is 1. The molecule has 3 rings (SSSR count). The van der Waals surface area contributed by atoms with Crippen LogP contribution in [0.3, 0.4) is 0 Å². The van der Waals surface area contributed by atoms with Crippen LogP contribution in [0.2, 0.25) is 0 Å². The van der Waals surface area contributed by atoms with Gasteiger partial charge in [-0.25, -0.2) is 4.68 Å². The van der Waals surface area contributed by atoms with Crippen molar-refractivity contribution in [2.75, 3.05) is 5.32 Å². The van der Waals surface area contributed by atoms with Crippen LogP contribution in [0.5, 0.6) is 0 Å². The van der Waals surface area contributed by atoms with Gasteiger partial charge < -0.3 is 5.32 Å². The number of hydrogen-bond acceptors (Lipinski definition) is 5. The van der Waals surface area contributed by atoms with Gasteiger partial charge in [-0.1, -0.05) is 6.07 Å². The molecular weight excluding hydrogens is 282 g/mol. The molecule has 6 heteroatoms. The zero-order chi connectivity index (χ0) is 14.8. The molecule has 0 spiro atoms. The maximum atomic E-state index is 3.95. The van der Waals surface area contributed by atoms with E-state index in [9.17, 15) is 0 Å². The van der Waals surface area contributed by atoms with Gasteiger partial charge in [0.25, 0.3) is 0 Å². The van der Waals surface area contributed by atoms with Crippen LogP contribution in [0.4, 0.5) is 5.69 Å². The normalized spacial score (nSPS) is 10.8. The number of rotatable bonds is 4. The van der Waals surface area contributed by atoms with E-state index in [2.05, 4.69) is 59.0 Å². The van der Waals surface area contributed by atoms with Crippen molar-refractivity contribution in [3.05, 3.63) is 51.5 Å². The summed E-state index contributed by atoms with van der Waals surface area (Å²) in [5.41, 5.74) is 4.54. The number of thiophene rings is 1. The van der Waals surface area contributed by atoms with Crippen molar-refractivity contribution >= 4 is 17.0 Å². The first kappa shape index (κ1) is 13.8. The second-order valence-corrected chi connectivity index (χ2v) is 6.51. The highest BCUT2D eigenvalue weighted by Gasteiger charge is 2.06. The maximum absolute atomic E-state index is 3.95. The molecule has 5 nitrogen and oxygen atoms in total. The van der Waals surface area contributed by atoms with E-state index in [1.807, 2.05) is 18.3 Å². The molecule has 1 N–H and O–H groups in total. The highest BCUT2D eigenvalue weighted by Crippen LogP contribution is 2.23. The smallest absolute Gasteiger partial charge is 0.143 e. The van der Waals surface area contributed by atoms with Gasteiger partial charge in [0.1, 0.15) is 6.33 Å². The third-order valence-corrected chi connectivity index (χ3v) is 4.44. The lowest BCUT2D eigenvalue weighted by Gasteiger charge is -2.10. The summed E-state index contributed by atoms with van der Waals surface area (Å²) >= 11 is 1.84. The van der Waals surface area contributed by atoms with Gasteiger partial charge in [-0.3, -0.25) is 0 Å². The lowest BCUT2D eigenvalue weighted by atomic mass is 10.1. The number of anilines is 1. The lowest BCUT2D eigenvalue weighted by molar-refractivity contribution is 0.785. The Bertz CT molecular complexity index is 746. The minimum absolute atomic E-state index is 0.828. The van der Waals surface area contributed by atoms with Gasteiger partial charge in [-0.05, 0) is 60.5 Å². The fourth-order valence-electron chi connectivity index (χ4n) is 2.29. The molecule has 0 bridgehead atoms. The Labute approximate surface area is 127 Å². The fourth-order valence-corrected chi connectivity index (χ4v) is 3.24. The number of aryl methyl sites for hydroxylation is 3.